The molecule has 0 bridgehead atoms. The van der Waals surface area contributed by atoms with Crippen LogP contribution in [0.25, 0.3) is 10.9 Å². The molecule has 0 fully saturated rings. The van der Waals surface area contributed by atoms with Crippen LogP contribution in [-0.4, -0.2) is 28.9 Å². The molecular formula is C18H20N4O3S. The number of anilines is 2. The van der Waals surface area contributed by atoms with Crippen molar-refractivity contribution in [3.8, 4) is 0 Å². The maximum Gasteiger partial charge on any atom is 0.350 e. The minimum absolute atomic E-state index is 0.359. The van der Waals surface area contributed by atoms with Crippen LogP contribution in [0.5, 0.6) is 0 Å². The predicted octanol–water partition coefficient (Wildman–Crippen LogP) is 3.99. The molecule has 7 nitrogen and oxygen atoms in total. The molecular weight excluding hydrogens is 352 g/mol. The molecule has 0 saturated carbocycles. The molecule has 136 valence electrons. The molecule has 0 aliphatic heterocycles. The zero-order valence-electron chi connectivity index (χ0n) is 15.3. The second kappa shape index (κ2) is 6.80. The van der Waals surface area contributed by atoms with Gasteiger partial charge in [-0.15, -0.1) is 11.3 Å². The van der Waals surface area contributed by atoms with E-state index < -0.39 is 12.0 Å². The number of ether oxygens (including phenoxy) is 1. The number of esters is 1. The van der Waals surface area contributed by atoms with Crippen LogP contribution >= 0.6 is 11.3 Å². The Kier molecular flexibility index (Phi) is 4.69. The van der Waals surface area contributed by atoms with Crippen molar-refractivity contribution in [2.24, 2.45) is 7.05 Å². The lowest BCUT2D eigenvalue weighted by Gasteiger charge is -2.07. The van der Waals surface area contributed by atoms with Crippen LogP contribution in [0.2, 0.25) is 0 Å². The number of nitrogens with zero attached hydrogens (tertiary/aromatic N) is 2. The Labute approximate surface area is 155 Å². The first kappa shape index (κ1) is 17.9. The van der Waals surface area contributed by atoms with Crippen LogP contribution in [-0.2, 0) is 11.8 Å². The highest BCUT2D eigenvalue weighted by molar-refractivity contribution is 7.14. The zero-order valence-corrected chi connectivity index (χ0v) is 16.1. The standard InChI is InChI=1S/C18H20N4O3S/c1-9-6-10(2)14-13(7-9)22(4)21-16(14)20-18(24)19-12-8-11(3)26-15(12)17(23)25-5/h6-8H,1-5H3,(H2,19,20,21,24). The monoisotopic (exact) mass is 372 g/mol. The number of methoxy groups -OCH3 is 1. The molecule has 2 heterocycles. The Balaban J connectivity index is 1.88. The molecule has 8 heteroatoms. The Morgan fingerprint density at radius 3 is 2.58 bits per heavy atom. The molecule has 1 aromatic carbocycles. The van der Waals surface area contributed by atoms with Crippen molar-refractivity contribution in [3.05, 3.63) is 39.1 Å². The normalized spacial score (nSPS) is 10.8. The third kappa shape index (κ3) is 3.28. The molecule has 2 N–H and O–H groups in total. The van der Waals surface area contributed by atoms with Crippen molar-refractivity contribution in [2.45, 2.75) is 20.8 Å². The van der Waals surface area contributed by atoms with Gasteiger partial charge < -0.3 is 10.1 Å². The number of thiophene rings is 1. The van der Waals surface area contributed by atoms with E-state index in [-0.39, 0.29) is 0 Å². The van der Waals surface area contributed by atoms with E-state index >= 15 is 0 Å². The van der Waals surface area contributed by atoms with E-state index in [1.54, 1.807) is 10.7 Å². The lowest BCUT2D eigenvalue weighted by atomic mass is 10.1. The summed E-state index contributed by atoms with van der Waals surface area (Å²) in [5.74, 6) is -0.00271. The van der Waals surface area contributed by atoms with Gasteiger partial charge in [0.25, 0.3) is 0 Å². The number of aryl methyl sites for hydroxylation is 4. The molecule has 0 unspecified atom stereocenters. The lowest BCUT2D eigenvalue weighted by molar-refractivity contribution is 0.0607. The fourth-order valence-electron chi connectivity index (χ4n) is 2.96. The molecule has 0 aliphatic carbocycles. The first-order valence-electron chi connectivity index (χ1n) is 8.01. The summed E-state index contributed by atoms with van der Waals surface area (Å²) in [4.78, 5) is 25.6. The minimum atomic E-state index is -0.479. The summed E-state index contributed by atoms with van der Waals surface area (Å²) in [6, 6.07) is 5.34. The number of rotatable bonds is 3. The highest BCUT2D eigenvalue weighted by Gasteiger charge is 2.19. The van der Waals surface area contributed by atoms with Crippen molar-refractivity contribution in [3.63, 3.8) is 0 Å². The number of hydrogen-bond acceptors (Lipinski definition) is 5. The summed E-state index contributed by atoms with van der Waals surface area (Å²) in [5, 5.41) is 10.8. The molecule has 3 rings (SSSR count). The van der Waals surface area contributed by atoms with E-state index in [9.17, 15) is 9.59 Å². The molecule has 3 aromatic rings. The van der Waals surface area contributed by atoms with Crippen molar-refractivity contribution >= 4 is 45.7 Å². The minimum Gasteiger partial charge on any atom is -0.465 e. The average molecular weight is 372 g/mol. The fourth-order valence-corrected chi connectivity index (χ4v) is 3.85. The van der Waals surface area contributed by atoms with Crippen LogP contribution in [0.3, 0.4) is 0 Å². The smallest absolute Gasteiger partial charge is 0.350 e. The summed E-state index contributed by atoms with van der Waals surface area (Å²) in [6.07, 6.45) is 0. The lowest BCUT2D eigenvalue weighted by Crippen LogP contribution is -2.21. The van der Waals surface area contributed by atoms with Gasteiger partial charge in [0.2, 0.25) is 0 Å². The summed E-state index contributed by atoms with van der Waals surface area (Å²) in [7, 11) is 3.15. The summed E-state index contributed by atoms with van der Waals surface area (Å²) >= 11 is 1.27. The molecule has 0 saturated heterocycles. The molecule has 0 radical (unpaired) electrons. The molecule has 26 heavy (non-hydrogen) atoms. The Morgan fingerprint density at radius 2 is 1.88 bits per heavy atom. The molecule has 2 amide bonds. The second-order valence-corrected chi connectivity index (χ2v) is 7.38. The van der Waals surface area contributed by atoms with Gasteiger partial charge >= 0.3 is 12.0 Å². The Hall–Kier alpha value is -2.87. The van der Waals surface area contributed by atoms with Crippen LogP contribution in [0.1, 0.15) is 25.7 Å². The van der Waals surface area contributed by atoms with E-state index in [2.05, 4.69) is 15.7 Å². The average Bonchev–Trinajstić information content (AvgIpc) is 3.07. The van der Waals surface area contributed by atoms with Gasteiger partial charge in [0.05, 0.1) is 18.3 Å². The highest BCUT2D eigenvalue weighted by atomic mass is 32.1. The highest BCUT2D eigenvalue weighted by Crippen LogP contribution is 2.29. The van der Waals surface area contributed by atoms with Gasteiger partial charge in [0, 0.05) is 17.3 Å². The van der Waals surface area contributed by atoms with Gasteiger partial charge in [-0.2, -0.15) is 5.10 Å². The van der Waals surface area contributed by atoms with Crippen molar-refractivity contribution in [1.29, 1.82) is 0 Å². The molecule has 0 spiro atoms. The van der Waals surface area contributed by atoms with Crippen molar-refractivity contribution in [2.75, 3.05) is 17.7 Å². The maximum absolute atomic E-state index is 12.5. The number of benzene rings is 1. The van der Waals surface area contributed by atoms with Crippen LogP contribution < -0.4 is 10.6 Å². The van der Waals surface area contributed by atoms with E-state index in [0.717, 1.165) is 26.9 Å². The topological polar surface area (TPSA) is 85.2 Å². The largest absolute Gasteiger partial charge is 0.465 e. The number of carbonyl (C=O) groups excluding carboxylic acids is 2. The van der Waals surface area contributed by atoms with Crippen molar-refractivity contribution in [1.82, 2.24) is 9.78 Å². The molecule has 2 aromatic heterocycles. The quantitative estimate of drug-likeness (QED) is 0.681. The number of amides is 2. The maximum atomic E-state index is 12.5. The first-order valence-corrected chi connectivity index (χ1v) is 8.82. The van der Waals surface area contributed by atoms with E-state index in [0.29, 0.717) is 16.4 Å². The predicted molar refractivity (Wildman–Crippen MR) is 103 cm³/mol. The van der Waals surface area contributed by atoms with Gasteiger partial charge in [-0.1, -0.05) is 6.07 Å². The number of hydrogen-bond donors (Lipinski definition) is 2. The van der Waals surface area contributed by atoms with Gasteiger partial charge in [0.1, 0.15) is 4.88 Å². The number of aromatic nitrogens is 2. The third-order valence-corrected chi connectivity index (χ3v) is 5.03. The SMILES string of the molecule is COC(=O)c1sc(C)cc1NC(=O)Nc1nn(C)c2cc(C)cc(C)c12. The molecule has 0 atom stereocenters. The van der Waals surface area contributed by atoms with Crippen LogP contribution in [0, 0.1) is 20.8 Å². The number of carbonyl (C=O) groups is 2. The van der Waals surface area contributed by atoms with Crippen LogP contribution in [0.4, 0.5) is 16.3 Å². The number of urea groups is 1. The van der Waals surface area contributed by atoms with E-state index in [1.165, 1.54) is 18.4 Å². The first-order chi connectivity index (χ1) is 12.3. The fraction of sp³-hybridized carbons (Fsp3) is 0.278. The van der Waals surface area contributed by atoms with Gasteiger partial charge in [-0.05, 0) is 44.0 Å². The van der Waals surface area contributed by atoms with Gasteiger partial charge in [-0.25, -0.2) is 9.59 Å². The summed E-state index contributed by atoms with van der Waals surface area (Å²) < 4.78 is 6.50. The third-order valence-electron chi connectivity index (χ3n) is 4.00. The second-order valence-electron chi connectivity index (χ2n) is 6.12. The number of nitrogens with one attached hydrogen (secondary N) is 2. The zero-order chi connectivity index (χ0) is 19.0. The van der Waals surface area contributed by atoms with E-state index in [4.69, 9.17) is 4.74 Å². The van der Waals surface area contributed by atoms with E-state index in [1.807, 2.05) is 40.0 Å². The Morgan fingerprint density at radius 1 is 1.15 bits per heavy atom. The van der Waals surface area contributed by atoms with Crippen LogP contribution in [0.15, 0.2) is 18.2 Å². The molecule has 0 aliphatic rings. The Bertz CT molecular complexity index is 1020. The van der Waals surface area contributed by atoms with Gasteiger partial charge in [-0.3, -0.25) is 10.00 Å². The summed E-state index contributed by atoms with van der Waals surface area (Å²) in [6.45, 7) is 5.86. The van der Waals surface area contributed by atoms with Gasteiger partial charge in [0.15, 0.2) is 5.82 Å². The number of fused-ring (bicyclic) bond motifs is 1. The van der Waals surface area contributed by atoms with Crippen molar-refractivity contribution < 1.29 is 14.3 Å². The summed E-state index contributed by atoms with van der Waals surface area (Å²) in [5.41, 5.74) is 3.53.